The molecule has 100 valence electrons. The van der Waals surface area contributed by atoms with Gasteiger partial charge in [0.25, 0.3) is 11.8 Å². The van der Waals surface area contributed by atoms with E-state index < -0.39 is 0 Å². The molecule has 0 aromatic rings. The van der Waals surface area contributed by atoms with Crippen molar-refractivity contribution in [2.45, 2.75) is 45.6 Å². The molecule has 1 saturated heterocycles. The Morgan fingerprint density at radius 2 is 2.06 bits per heavy atom. The van der Waals surface area contributed by atoms with Crippen molar-refractivity contribution in [3.05, 3.63) is 11.6 Å². The second kappa shape index (κ2) is 5.65. The maximum absolute atomic E-state index is 11.7. The van der Waals surface area contributed by atoms with Gasteiger partial charge in [0.1, 0.15) is 0 Å². The Hall–Kier alpha value is -1.16. The summed E-state index contributed by atoms with van der Waals surface area (Å²) < 4.78 is 0. The highest BCUT2D eigenvalue weighted by molar-refractivity contribution is 6.15. The minimum absolute atomic E-state index is 0.119. The summed E-state index contributed by atoms with van der Waals surface area (Å²) in [6, 6.07) is 0.642. The van der Waals surface area contributed by atoms with E-state index in [-0.39, 0.29) is 11.8 Å². The molecule has 18 heavy (non-hydrogen) atoms. The zero-order valence-electron chi connectivity index (χ0n) is 11.3. The Kier molecular flexibility index (Phi) is 4.17. The van der Waals surface area contributed by atoms with E-state index in [1.165, 1.54) is 30.2 Å². The van der Waals surface area contributed by atoms with Gasteiger partial charge in [0.2, 0.25) is 0 Å². The molecule has 2 amide bonds. The summed E-state index contributed by atoms with van der Waals surface area (Å²) in [5.41, 5.74) is 0.561. The topological polar surface area (TPSA) is 40.6 Å². The molecule has 0 aromatic heterocycles. The van der Waals surface area contributed by atoms with Crippen LogP contribution in [0.25, 0.3) is 0 Å². The summed E-state index contributed by atoms with van der Waals surface area (Å²) in [5.74, 6) is -0.268. The minimum Gasteiger partial charge on any atom is -0.301 e. The Morgan fingerprint density at radius 1 is 1.28 bits per heavy atom. The van der Waals surface area contributed by atoms with Crippen molar-refractivity contribution < 1.29 is 9.59 Å². The number of hydrogen-bond acceptors (Lipinski definition) is 3. The first-order valence-electron chi connectivity index (χ1n) is 6.88. The van der Waals surface area contributed by atoms with Crippen LogP contribution in [0.4, 0.5) is 0 Å². The number of imide groups is 1. The molecular formula is C14H22N2O2. The maximum atomic E-state index is 11.7. The molecule has 1 atom stereocenters. The smallest absolute Gasteiger partial charge is 0.256 e. The third kappa shape index (κ3) is 2.80. The van der Waals surface area contributed by atoms with Crippen LogP contribution in [0.1, 0.15) is 39.5 Å². The predicted molar refractivity (Wildman–Crippen MR) is 70.0 cm³/mol. The van der Waals surface area contributed by atoms with E-state index >= 15 is 0 Å². The van der Waals surface area contributed by atoms with E-state index in [0.717, 1.165) is 19.5 Å². The van der Waals surface area contributed by atoms with Crippen LogP contribution in [0, 0.1) is 0 Å². The van der Waals surface area contributed by atoms with Crippen LogP contribution in [-0.4, -0.2) is 47.3 Å². The van der Waals surface area contributed by atoms with Crippen LogP contribution in [0.15, 0.2) is 11.6 Å². The molecule has 0 spiro atoms. The second-order valence-electron chi connectivity index (χ2n) is 5.36. The summed E-state index contributed by atoms with van der Waals surface area (Å²) in [4.78, 5) is 27.1. The highest BCUT2D eigenvalue weighted by Crippen LogP contribution is 2.17. The quantitative estimate of drug-likeness (QED) is 0.711. The molecule has 2 rings (SSSR count). The van der Waals surface area contributed by atoms with Gasteiger partial charge in [0.05, 0.1) is 0 Å². The molecule has 2 aliphatic heterocycles. The van der Waals surface area contributed by atoms with E-state index in [1.807, 2.05) is 0 Å². The standard InChI is InChI=1S/C14H22N2O2/c1-11-10-13(17)16(14(11)18)9-5-8-15-7-4-3-6-12(15)2/h10,12H,3-9H2,1-2H3. The number of carbonyl (C=O) groups is 2. The molecule has 4 nitrogen and oxygen atoms in total. The molecule has 0 radical (unpaired) electrons. The Morgan fingerprint density at radius 3 is 2.67 bits per heavy atom. The molecule has 1 fully saturated rings. The fourth-order valence-electron chi connectivity index (χ4n) is 2.77. The molecule has 0 bridgehead atoms. The van der Waals surface area contributed by atoms with E-state index in [0.29, 0.717) is 18.2 Å². The van der Waals surface area contributed by atoms with Gasteiger partial charge in [0, 0.05) is 30.8 Å². The van der Waals surface area contributed by atoms with Gasteiger partial charge < -0.3 is 4.90 Å². The van der Waals surface area contributed by atoms with Crippen LogP contribution < -0.4 is 0 Å². The minimum atomic E-state index is -0.149. The van der Waals surface area contributed by atoms with Crippen molar-refractivity contribution in [1.82, 2.24) is 9.80 Å². The molecule has 2 aliphatic rings. The van der Waals surface area contributed by atoms with Crippen molar-refractivity contribution in [2.75, 3.05) is 19.6 Å². The van der Waals surface area contributed by atoms with Gasteiger partial charge in [-0.25, -0.2) is 0 Å². The third-order valence-electron chi connectivity index (χ3n) is 3.96. The summed E-state index contributed by atoms with van der Waals surface area (Å²) >= 11 is 0. The van der Waals surface area contributed by atoms with Gasteiger partial charge in [-0.3, -0.25) is 14.5 Å². The molecule has 0 N–H and O–H groups in total. The third-order valence-corrected chi connectivity index (χ3v) is 3.96. The summed E-state index contributed by atoms with van der Waals surface area (Å²) in [7, 11) is 0. The van der Waals surface area contributed by atoms with E-state index in [1.54, 1.807) is 6.92 Å². The number of nitrogens with zero attached hydrogens (tertiary/aromatic N) is 2. The second-order valence-corrected chi connectivity index (χ2v) is 5.36. The van der Waals surface area contributed by atoms with Gasteiger partial charge in [-0.05, 0) is 39.7 Å². The Bertz CT molecular complexity index is 376. The SMILES string of the molecule is CC1=CC(=O)N(CCCN2CCCCC2C)C1=O. The number of hydrogen-bond donors (Lipinski definition) is 0. The summed E-state index contributed by atoms with van der Waals surface area (Å²) in [5, 5.41) is 0. The van der Waals surface area contributed by atoms with Crippen molar-refractivity contribution in [3.8, 4) is 0 Å². The van der Waals surface area contributed by atoms with E-state index in [9.17, 15) is 9.59 Å². The van der Waals surface area contributed by atoms with E-state index in [4.69, 9.17) is 0 Å². The van der Waals surface area contributed by atoms with Gasteiger partial charge >= 0.3 is 0 Å². The molecule has 0 aliphatic carbocycles. The van der Waals surface area contributed by atoms with Crippen molar-refractivity contribution in [1.29, 1.82) is 0 Å². The number of likely N-dealkylation sites (tertiary alicyclic amines) is 1. The van der Waals surface area contributed by atoms with Gasteiger partial charge in [-0.2, -0.15) is 0 Å². The van der Waals surface area contributed by atoms with Crippen LogP contribution in [-0.2, 0) is 9.59 Å². The van der Waals surface area contributed by atoms with Gasteiger partial charge in [-0.15, -0.1) is 0 Å². The van der Waals surface area contributed by atoms with Crippen LogP contribution >= 0.6 is 0 Å². The lowest BCUT2D eigenvalue weighted by molar-refractivity contribution is -0.137. The molecule has 4 heteroatoms. The average molecular weight is 250 g/mol. The first-order chi connectivity index (χ1) is 8.59. The normalized spacial score (nSPS) is 25.8. The lowest BCUT2D eigenvalue weighted by atomic mass is 10.0. The maximum Gasteiger partial charge on any atom is 0.256 e. The molecule has 2 heterocycles. The largest absolute Gasteiger partial charge is 0.301 e. The lowest BCUT2D eigenvalue weighted by Crippen LogP contribution is -2.40. The first-order valence-corrected chi connectivity index (χ1v) is 6.88. The molecule has 1 unspecified atom stereocenters. The molecular weight excluding hydrogens is 228 g/mol. The fraction of sp³-hybridized carbons (Fsp3) is 0.714. The Balaban J connectivity index is 1.76. The monoisotopic (exact) mass is 250 g/mol. The number of rotatable bonds is 4. The highest BCUT2D eigenvalue weighted by Gasteiger charge is 2.28. The molecule has 0 aromatic carbocycles. The van der Waals surface area contributed by atoms with Crippen molar-refractivity contribution in [3.63, 3.8) is 0 Å². The number of carbonyl (C=O) groups excluding carboxylic acids is 2. The summed E-state index contributed by atoms with van der Waals surface area (Å²) in [6.45, 7) is 6.65. The average Bonchev–Trinajstić information content (AvgIpc) is 2.58. The van der Waals surface area contributed by atoms with Crippen LogP contribution in [0.3, 0.4) is 0 Å². The van der Waals surface area contributed by atoms with Crippen molar-refractivity contribution >= 4 is 11.8 Å². The predicted octanol–water partition coefficient (Wildman–Crippen LogP) is 1.57. The highest BCUT2D eigenvalue weighted by atomic mass is 16.2. The van der Waals surface area contributed by atoms with E-state index in [2.05, 4.69) is 11.8 Å². The fourth-order valence-corrected chi connectivity index (χ4v) is 2.77. The zero-order valence-corrected chi connectivity index (χ0v) is 11.3. The molecule has 0 saturated carbocycles. The summed E-state index contributed by atoms with van der Waals surface area (Å²) in [6.07, 6.45) is 6.17. The number of piperidine rings is 1. The lowest BCUT2D eigenvalue weighted by Gasteiger charge is -2.33. The zero-order chi connectivity index (χ0) is 13.1. The van der Waals surface area contributed by atoms with Crippen LogP contribution in [0.5, 0.6) is 0 Å². The first kappa shape index (κ1) is 13.3. The van der Waals surface area contributed by atoms with Gasteiger partial charge in [0.15, 0.2) is 0 Å². The number of amides is 2. The van der Waals surface area contributed by atoms with Gasteiger partial charge in [-0.1, -0.05) is 6.42 Å². The van der Waals surface area contributed by atoms with Crippen LogP contribution in [0.2, 0.25) is 0 Å². The van der Waals surface area contributed by atoms with Crippen molar-refractivity contribution in [2.24, 2.45) is 0 Å². The Labute approximate surface area is 109 Å².